The molecule has 1 saturated heterocycles. The summed E-state index contributed by atoms with van der Waals surface area (Å²) in [5.74, 6) is -0.127. The zero-order valence-corrected chi connectivity index (χ0v) is 15.5. The van der Waals surface area contributed by atoms with Crippen LogP contribution in [-0.4, -0.2) is 47.7 Å². The van der Waals surface area contributed by atoms with E-state index in [4.69, 9.17) is 0 Å². The summed E-state index contributed by atoms with van der Waals surface area (Å²) in [7, 11) is 0. The Morgan fingerprint density at radius 2 is 1.81 bits per heavy atom. The van der Waals surface area contributed by atoms with E-state index in [2.05, 4.69) is 4.90 Å². The van der Waals surface area contributed by atoms with Crippen LogP contribution in [0.5, 0.6) is 0 Å². The molecule has 0 spiro atoms. The van der Waals surface area contributed by atoms with Crippen molar-refractivity contribution in [2.45, 2.75) is 25.8 Å². The molecular weight excluding hydrogens is 351 g/mol. The summed E-state index contributed by atoms with van der Waals surface area (Å²) in [6, 6.07) is 10.2. The second-order valence-corrected chi connectivity index (χ2v) is 7.49. The zero-order chi connectivity index (χ0) is 18.4. The summed E-state index contributed by atoms with van der Waals surface area (Å²) in [5.41, 5.74) is 1.08. The van der Waals surface area contributed by atoms with Gasteiger partial charge in [0.2, 0.25) is 5.91 Å². The number of carbonyl (C=O) groups excluding carboxylic acids is 2. The Labute approximate surface area is 157 Å². The van der Waals surface area contributed by atoms with Crippen LogP contribution < -0.4 is 0 Å². The lowest BCUT2D eigenvalue weighted by Crippen LogP contribution is -2.35. The Balaban J connectivity index is 1.46. The Bertz CT molecular complexity index is 731. The summed E-state index contributed by atoms with van der Waals surface area (Å²) < 4.78 is 13.0. The highest BCUT2D eigenvalue weighted by molar-refractivity contribution is 7.12. The molecule has 2 aromatic rings. The number of hydrogen-bond donors (Lipinski definition) is 0. The molecule has 0 atom stereocenters. The molecule has 0 unspecified atom stereocenters. The molecule has 4 nitrogen and oxygen atoms in total. The van der Waals surface area contributed by atoms with Gasteiger partial charge in [-0.3, -0.25) is 14.5 Å². The largest absolute Gasteiger partial charge is 0.341 e. The van der Waals surface area contributed by atoms with Crippen molar-refractivity contribution < 1.29 is 14.0 Å². The van der Waals surface area contributed by atoms with Crippen molar-refractivity contribution >= 4 is 23.0 Å². The van der Waals surface area contributed by atoms with Gasteiger partial charge in [0, 0.05) is 45.6 Å². The molecular formula is C20H23FN2O2S. The maximum Gasteiger partial charge on any atom is 0.223 e. The molecule has 1 aromatic heterocycles. The van der Waals surface area contributed by atoms with Crippen molar-refractivity contribution in [2.24, 2.45) is 0 Å². The van der Waals surface area contributed by atoms with E-state index >= 15 is 0 Å². The minimum Gasteiger partial charge on any atom is -0.341 e. The van der Waals surface area contributed by atoms with Gasteiger partial charge >= 0.3 is 0 Å². The van der Waals surface area contributed by atoms with Crippen LogP contribution in [0.15, 0.2) is 41.8 Å². The van der Waals surface area contributed by atoms with E-state index in [0.717, 1.165) is 43.0 Å². The SMILES string of the molecule is O=C(CCC(=O)N1CCCN(Cc2ccc(F)cc2)CC1)c1cccs1. The van der Waals surface area contributed by atoms with Gasteiger partial charge in [0.1, 0.15) is 5.82 Å². The maximum atomic E-state index is 13.0. The monoisotopic (exact) mass is 374 g/mol. The molecule has 1 fully saturated rings. The fourth-order valence-electron chi connectivity index (χ4n) is 3.17. The number of halogens is 1. The number of benzene rings is 1. The number of nitrogens with zero attached hydrogens (tertiary/aromatic N) is 2. The highest BCUT2D eigenvalue weighted by Gasteiger charge is 2.20. The average Bonchev–Trinajstić information content (AvgIpc) is 3.09. The van der Waals surface area contributed by atoms with E-state index in [-0.39, 0.29) is 30.3 Å². The number of carbonyl (C=O) groups is 2. The van der Waals surface area contributed by atoms with Gasteiger partial charge in [0.15, 0.2) is 5.78 Å². The normalized spacial score (nSPS) is 15.7. The smallest absolute Gasteiger partial charge is 0.223 e. The summed E-state index contributed by atoms with van der Waals surface area (Å²) in [6.45, 7) is 3.87. The molecule has 26 heavy (non-hydrogen) atoms. The van der Waals surface area contributed by atoms with E-state index in [1.165, 1.54) is 23.5 Å². The second kappa shape index (κ2) is 9.05. The standard InChI is InChI=1S/C20H23FN2O2S/c21-17-6-4-16(5-7-17)15-22-10-2-11-23(13-12-22)20(25)9-8-18(24)19-3-1-14-26-19/h1,3-7,14H,2,8-13,15H2. The third-order valence-corrected chi connectivity index (χ3v) is 5.53. The van der Waals surface area contributed by atoms with Crippen LogP contribution in [0.1, 0.15) is 34.5 Å². The van der Waals surface area contributed by atoms with Crippen LogP contribution in [0, 0.1) is 5.82 Å². The second-order valence-electron chi connectivity index (χ2n) is 6.54. The van der Waals surface area contributed by atoms with Gasteiger partial charge in [-0.2, -0.15) is 0 Å². The third-order valence-electron chi connectivity index (χ3n) is 4.62. The number of amides is 1. The maximum absolute atomic E-state index is 13.0. The van der Waals surface area contributed by atoms with Crippen LogP contribution in [0.4, 0.5) is 4.39 Å². The van der Waals surface area contributed by atoms with Crippen LogP contribution >= 0.6 is 11.3 Å². The number of thiophene rings is 1. The number of hydrogen-bond acceptors (Lipinski definition) is 4. The average molecular weight is 374 g/mol. The van der Waals surface area contributed by atoms with E-state index in [0.29, 0.717) is 6.54 Å². The Morgan fingerprint density at radius 1 is 1.00 bits per heavy atom. The molecule has 0 aliphatic carbocycles. The highest BCUT2D eigenvalue weighted by atomic mass is 32.1. The van der Waals surface area contributed by atoms with E-state index in [1.807, 2.05) is 16.3 Å². The molecule has 3 rings (SSSR count). The Morgan fingerprint density at radius 3 is 2.54 bits per heavy atom. The molecule has 1 aliphatic rings. The predicted octanol–water partition coefficient (Wildman–Crippen LogP) is 3.58. The molecule has 6 heteroatoms. The minimum atomic E-state index is -0.224. The molecule has 1 aliphatic heterocycles. The molecule has 138 valence electrons. The van der Waals surface area contributed by atoms with Gasteiger partial charge in [-0.25, -0.2) is 4.39 Å². The Kier molecular flexibility index (Phi) is 6.52. The molecule has 0 saturated carbocycles. The summed E-state index contributed by atoms with van der Waals surface area (Å²) >= 11 is 1.42. The van der Waals surface area contributed by atoms with E-state index in [9.17, 15) is 14.0 Å². The topological polar surface area (TPSA) is 40.6 Å². The summed E-state index contributed by atoms with van der Waals surface area (Å²) in [4.78, 5) is 29.4. The van der Waals surface area contributed by atoms with Crippen molar-refractivity contribution in [1.29, 1.82) is 0 Å². The number of ketones is 1. The lowest BCUT2D eigenvalue weighted by atomic mass is 10.2. The Hall–Kier alpha value is -2.05. The first-order valence-electron chi connectivity index (χ1n) is 8.93. The quantitative estimate of drug-likeness (QED) is 0.726. The van der Waals surface area contributed by atoms with Gasteiger partial charge in [0.05, 0.1) is 4.88 Å². The van der Waals surface area contributed by atoms with Crippen LogP contribution in [0.25, 0.3) is 0 Å². The fraction of sp³-hybridized carbons (Fsp3) is 0.400. The van der Waals surface area contributed by atoms with Crippen LogP contribution in [-0.2, 0) is 11.3 Å². The van der Waals surface area contributed by atoms with E-state index in [1.54, 1.807) is 18.2 Å². The summed E-state index contributed by atoms with van der Waals surface area (Å²) in [5, 5.41) is 1.87. The lowest BCUT2D eigenvalue weighted by Gasteiger charge is -2.22. The molecule has 1 amide bonds. The van der Waals surface area contributed by atoms with E-state index < -0.39 is 0 Å². The van der Waals surface area contributed by atoms with Gasteiger partial charge in [-0.05, 0) is 35.6 Å². The van der Waals surface area contributed by atoms with Crippen molar-refractivity contribution in [3.05, 3.63) is 58.0 Å². The van der Waals surface area contributed by atoms with Crippen molar-refractivity contribution in [3.63, 3.8) is 0 Å². The first-order valence-corrected chi connectivity index (χ1v) is 9.81. The van der Waals surface area contributed by atoms with Crippen LogP contribution in [0.3, 0.4) is 0 Å². The fourth-order valence-corrected chi connectivity index (χ4v) is 3.86. The van der Waals surface area contributed by atoms with Crippen LogP contribution in [0.2, 0.25) is 0 Å². The van der Waals surface area contributed by atoms with Gasteiger partial charge < -0.3 is 4.90 Å². The lowest BCUT2D eigenvalue weighted by molar-refractivity contribution is -0.131. The van der Waals surface area contributed by atoms with Gasteiger partial charge in [0.25, 0.3) is 0 Å². The molecule has 0 N–H and O–H groups in total. The van der Waals surface area contributed by atoms with Gasteiger partial charge in [-0.15, -0.1) is 11.3 Å². The van der Waals surface area contributed by atoms with Crippen molar-refractivity contribution in [2.75, 3.05) is 26.2 Å². The van der Waals surface area contributed by atoms with Crippen molar-refractivity contribution in [1.82, 2.24) is 9.80 Å². The summed E-state index contributed by atoms with van der Waals surface area (Å²) in [6.07, 6.45) is 1.45. The first kappa shape index (κ1) is 18.7. The van der Waals surface area contributed by atoms with Gasteiger partial charge in [-0.1, -0.05) is 18.2 Å². The minimum absolute atomic E-state index is 0.0427. The molecule has 2 heterocycles. The first-order chi connectivity index (χ1) is 12.6. The molecule has 1 aromatic carbocycles. The van der Waals surface area contributed by atoms with Crippen molar-refractivity contribution in [3.8, 4) is 0 Å². The highest BCUT2D eigenvalue weighted by Crippen LogP contribution is 2.14. The zero-order valence-electron chi connectivity index (χ0n) is 14.7. The molecule has 0 radical (unpaired) electrons. The predicted molar refractivity (Wildman–Crippen MR) is 101 cm³/mol. The number of Topliss-reactive ketones (excluding diaryl/α,β-unsaturated/α-hetero) is 1. The molecule has 0 bridgehead atoms. The third kappa shape index (κ3) is 5.22. The number of rotatable bonds is 6.